The van der Waals surface area contributed by atoms with Crippen LogP contribution in [0.1, 0.15) is 40.0 Å². The van der Waals surface area contributed by atoms with Crippen molar-refractivity contribution in [2.45, 2.75) is 52.2 Å². The highest BCUT2D eigenvalue weighted by atomic mass is 127. The van der Waals surface area contributed by atoms with Crippen LogP contribution >= 0.6 is 35.6 Å². The summed E-state index contributed by atoms with van der Waals surface area (Å²) >= 11 is 6.14. The number of piperidine rings is 1. The molecule has 0 aliphatic carbocycles. The number of aliphatic imine (C=N–C) groups is 1. The molecule has 30 heavy (non-hydrogen) atoms. The van der Waals surface area contributed by atoms with Crippen LogP contribution in [0.4, 0.5) is 0 Å². The Morgan fingerprint density at radius 2 is 1.97 bits per heavy atom. The van der Waals surface area contributed by atoms with E-state index in [1.807, 2.05) is 39.0 Å². The Balaban J connectivity index is 0.00000450. The molecule has 10 heteroatoms. The highest BCUT2D eigenvalue weighted by Crippen LogP contribution is 2.24. The molecule has 0 radical (unpaired) electrons. The number of nitrogens with one attached hydrogen (secondary N) is 2. The molecule has 172 valence electrons. The average molecular weight is 573 g/mol. The topological polar surface area (TPSA) is 83.0 Å². The fourth-order valence-electron chi connectivity index (χ4n) is 3.19. The van der Waals surface area contributed by atoms with Crippen molar-refractivity contribution in [2.24, 2.45) is 4.99 Å². The number of nitrogens with zero attached hydrogens (tertiary/aromatic N) is 2. The number of para-hydroxylation sites is 1. The molecule has 1 atom stereocenters. The fourth-order valence-corrected chi connectivity index (χ4v) is 4.91. The SMILES string of the molecule is CCCS(=O)(=O)N1CCC(NC(=NCC(C)Oc2ccccc2Cl)NCC)CC1.I. The summed E-state index contributed by atoms with van der Waals surface area (Å²) in [7, 11) is -3.12. The van der Waals surface area contributed by atoms with Crippen molar-refractivity contribution in [3.8, 4) is 5.75 Å². The van der Waals surface area contributed by atoms with Gasteiger partial charge in [-0.2, -0.15) is 0 Å². The lowest BCUT2D eigenvalue weighted by atomic mass is 10.1. The van der Waals surface area contributed by atoms with Crippen LogP contribution in [-0.2, 0) is 10.0 Å². The van der Waals surface area contributed by atoms with E-state index in [1.165, 1.54) is 0 Å². The van der Waals surface area contributed by atoms with Crippen LogP contribution in [0.3, 0.4) is 0 Å². The summed E-state index contributed by atoms with van der Waals surface area (Å²) < 4.78 is 31.9. The van der Waals surface area contributed by atoms with Crippen LogP contribution in [0.2, 0.25) is 5.02 Å². The predicted molar refractivity (Wildman–Crippen MR) is 135 cm³/mol. The first-order valence-electron chi connectivity index (χ1n) is 10.3. The van der Waals surface area contributed by atoms with Gasteiger partial charge >= 0.3 is 0 Å². The van der Waals surface area contributed by atoms with Crippen LogP contribution in [-0.4, -0.2) is 62.8 Å². The minimum Gasteiger partial charge on any atom is -0.487 e. The van der Waals surface area contributed by atoms with Crippen molar-refractivity contribution >= 4 is 51.6 Å². The molecule has 0 aromatic heterocycles. The van der Waals surface area contributed by atoms with Crippen molar-refractivity contribution in [3.63, 3.8) is 0 Å². The van der Waals surface area contributed by atoms with E-state index in [4.69, 9.17) is 16.3 Å². The smallest absolute Gasteiger partial charge is 0.214 e. The lowest BCUT2D eigenvalue weighted by molar-refractivity contribution is 0.230. The van der Waals surface area contributed by atoms with Gasteiger partial charge in [0.05, 0.1) is 17.3 Å². The highest BCUT2D eigenvalue weighted by Gasteiger charge is 2.27. The minimum atomic E-state index is -3.12. The maximum atomic E-state index is 12.2. The summed E-state index contributed by atoms with van der Waals surface area (Å²) in [6, 6.07) is 7.58. The van der Waals surface area contributed by atoms with Crippen LogP contribution < -0.4 is 15.4 Å². The third-order valence-corrected chi connectivity index (χ3v) is 7.05. The molecule has 1 aromatic rings. The Bertz CT molecular complexity index is 771. The molecule has 0 amide bonds. The van der Waals surface area contributed by atoms with E-state index in [9.17, 15) is 8.42 Å². The van der Waals surface area contributed by atoms with Crippen molar-refractivity contribution in [3.05, 3.63) is 29.3 Å². The molecule has 0 bridgehead atoms. The molecule has 1 aromatic carbocycles. The monoisotopic (exact) mass is 572 g/mol. The van der Waals surface area contributed by atoms with E-state index in [1.54, 1.807) is 10.4 Å². The first-order valence-corrected chi connectivity index (χ1v) is 12.3. The van der Waals surface area contributed by atoms with E-state index in [0.717, 1.165) is 25.3 Å². The Morgan fingerprint density at radius 3 is 2.57 bits per heavy atom. The molecule has 1 saturated heterocycles. The number of rotatable bonds is 9. The molecular weight excluding hydrogens is 539 g/mol. The van der Waals surface area contributed by atoms with Crippen LogP contribution in [0.5, 0.6) is 5.75 Å². The highest BCUT2D eigenvalue weighted by molar-refractivity contribution is 14.0. The van der Waals surface area contributed by atoms with Crippen molar-refractivity contribution in [1.82, 2.24) is 14.9 Å². The lowest BCUT2D eigenvalue weighted by Gasteiger charge is -2.32. The summed E-state index contributed by atoms with van der Waals surface area (Å²) in [4.78, 5) is 4.63. The quantitative estimate of drug-likeness (QED) is 0.269. The van der Waals surface area contributed by atoms with E-state index in [0.29, 0.717) is 36.8 Å². The molecule has 1 aliphatic heterocycles. The van der Waals surface area contributed by atoms with Crippen LogP contribution in [0.15, 0.2) is 29.3 Å². The molecule has 0 saturated carbocycles. The van der Waals surface area contributed by atoms with Crippen molar-refractivity contribution in [2.75, 3.05) is 31.9 Å². The average Bonchev–Trinajstić information content (AvgIpc) is 2.68. The standard InChI is InChI=1S/C20H33ClN4O3S.HI/c1-4-14-29(26,27)25-12-10-17(11-13-25)24-20(22-5-2)23-15-16(3)28-19-9-7-6-8-18(19)21;/h6-9,16-17H,4-5,10-15H2,1-3H3,(H2,22,23,24);1H. The maximum Gasteiger partial charge on any atom is 0.214 e. The summed E-state index contributed by atoms with van der Waals surface area (Å²) in [5, 5.41) is 7.26. The van der Waals surface area contributed by atoms with Crippen LogP contribution in [0, 0.1) is 0 Å². The third kappa shape index (κ3) is 8.76. The van der Waals surface area contributed by atoms with Gasteiger partial charge < -0.3 is 15.4 Å². The van der Waals surface area contributed by atoms with Gasteiger partial charge in [0.2, 0.25) is 10.0 Å². The first kappa shape index (κ1) is 27.3. The zero-order valence-corrected chi connectivity index (χ0v) is 21.8. The Kier molecular flexibility index (Phi) is 12.3. The van der Waals surface area contributed by atoms with Gasteiger partial charge in [-0.05, 0) is 45.2 Å². The first-order chi connectivity index (χ1) is 13.9. The Hall–Kier alpha value is -0.780. The van der Waals surface area contributed by atoms with Crippen molar-refractivity contribution < 1.29 is 13.2 Å². The molecule has 1 heterocycles. The molecule has 7 nitrogen and oxygen atoms in total. The van der Waals surface area contributed by atoms with Gasteiger partial charge in [-0.25, -0.2) is 17.7 Å². The van der Waals surface area contributed by atoms with Gasteiger partial charge in [-0.1, -0.05) is 30.7 Å². The Labute approximate surface area is 203 Å². The third-order valence-electron chi connectivity index (χ3n) is 4.67. The van der Waals surface area contributed by atoms with Crippen molar-refractivity contribution in [1.29, 1.82) is 0 Å². The number of benzene rings is 1. The number of sulfonamides is 1. The zero-order valence-electron chi connectivity index (χ0n) is 17.9. The van der Waals surface area contributed by atoms with Gasteiger partial charge in [0.25, 0.3) is 0 Å². The molecular formula is C20H34ClIN4O3S. The predicted octanol–water partition coefficient (Wildman–Crippen LogP) is 3.48. The number of hydrogen-bond donors (Lipinski definition) is 2. The summed E-state index contributed by atoms with van der Waals surface area (Å²) in [5.74, 6) is 1.59. The van der Waals surface area contributed by atoms with E-state index in [-0.39, 0.29) is 41.9 Å². The van der Waals surface area contributed by atoms with Gasteiger partial charge in [-0.15, -0.1) is 24.0 Å². The van der Waals surface area contributed by atoms with E-state index < -0.39 is 10.0 Å². The number of halogens is 2. The number of guanidine groups is 1. The molecule has 1 fully saturated rings. The molecule has 2 N–H and O–H groups in total. The summed E-state index contributed by atoms with van der Waals surface area (Å²) in [5.41, 5.74) is 0. The second-order valence-electron chi connectivity index (χ2n) is 7.21. The number of hydrogen-bond acceptors (Lipinski definition) is 4. The molecule has 0 spiro atoms. The molecule has 1 aliphatic rings. The second kappa shape index (κ2) is 13.6. The second-order valence-corrected chi connectivity index (χ2v) is 9.71. The zero-order chi connectivity index (χ0) is 21.3. The largest absolute Gasteiger partial charge is 0.487 e. The maximum absolute atomic E-state index is 12.2. The van der Waals surface area contributed by atoms with Gasteiger partial charge in [0, 0.05) is 25.7 Å². The van der Waals surface area contributed by atoms with E-state index >= 15 is 0 Å². The van der Waals surface area contributed by atoms with E-state index in [2.05, 4.69) is 15.6 Å². The fraction of sp³-hybridized carbons (Fsp3) is 0.650. The minimum absolute atomic E-state index is 0. The molecule has 2 rings (SSSR count). The summed E-state index contributed by atoms with van der Waals surface area (Å²) in [6.07, 6.45) is 2.04. The van der Waals surface area contributed by atoms with Gasteiger partial charge in [-0.3, -0.25) is 0 Å². The van der Waals surface area contributed by atoms with Crippen LogP contribution in [0.25, 0.3) is 0 Å². The number of ether oxygens (including phenoxy) is 1. The normalized spacial score (nSPS) is 17.1. The Morgan fingerprint density at radius 1 is 1.30 bits per heavy atom. The lowest BCUT2D eigenvalue weighted by Crippen LogP contribution is -2.50. The van der Waals surface area contributed by atoms with Gasteiger partial charge in [0.15, 0.2) is 5.96 Å². The molecule has 1 unspecified atom stereocenters. The summed E-state index contributed by atoms with van der Waals surface area (Å²) in [6.45, 7) is 8.17. The van der Waals surface area contributed by atoms with Gasteiger partial charge in [0.1, 0.15) is 11.9 Å².